The molecule has 1 atom stereocenters. The molecule has 2 saturated carbocycles. The van der Waals surface area contributed by atoms with E-state index in [1.54, 1.807) is 17.1 Å². The first kappa shape index (κ1) is 17.0. The van der Waals surface area contributed by atoms with Crippen molar-refractivity contribution in [3.05, 3.63) is 47.8 Å². The fourth-order valence-electron chi connectivity index (χ4n) is 4.10. The summed E-state index contributed by atoms with van der Waals surface area (Å²) >= 11 is 0. The minimum atomic E-state index is -0.267. The summed E-state index contributed by atoms with van der Waals surface area (Å²) in [7, 11) is 0. The van der Waals surface area contributed by atoms with Gasteiger partial charge in [0, 0.05) is 6.54 Å². The van der Waals surface area contributed by atoms with Gasteiger partial charge in [-0.3, -0.25) is 0 Å². The molecular formula is C19H24FN5O. The standard InChI is InChI=1S/C19H24FN5O/c20-16-5-1-3-14(9-16)12-25-13-23-17(24-25)11-22-18(26)21-10-15-4-2-6-19(15)7-8-19/h1,3,5,9,13,15H,2,4,6-8,10-12H2,(H2,21,22,26). The van der Waals surface area contributed by atoms with E-state index in [1.165, 1.54) is 44.2 Å². The predicted octanol–water partition coefficient (Wildman–Crippen LogP) is 2.85. The highest BCUT2D eigenvalue weighted by molar-refractivity contribution is 5.73. The molecule has 138 valence electrons. The first-order valence-electron chi connectivity index (χ1n) is 9.27. The number of benzene rings is 1. The number of rotatable bonds is 6. The van der Waals surface area contributed by atoms with E-state index in [9.17, 15) is 9.18 Å². The number of hydrogen-bond donors (Lipinski definition) is 2. The molecule has 0 bridgehead atoms. The third kappa shape index (κ3) is 3.86. The minimum Gasteiger partial charge on any atom is -0.338 e. The maximum Gasteiger partial charge on any atom is 0.315 e. The van der Waals surface area contributed by atoms with Crippen molar-refractivity contribution in [1.29, 1.82) is 0 Å². The zero-order valence-electron chi connectivity index (χ0n) is 14.7. The van der Waals surface area contributed by atoms with E-state index in [-0.39, 0.29) is 18.4 Å². The van der Waals surface area contributed by atoms with Gasteiger partial charge in [-0.05, 0) is 54.7 Å². The number of aromatic nitrogens is 3. The Morgan fingerprint density at radius 3 is 3.00 bits per heavy atom. The zero-order chi connectivity index (χ0) is 18.0. The molecule has 2 amide bonds. The van der Waals surface area contributed by atoms with Crippen molar-refractivity contribution in [3.8, 4) is 0 Å². The molecule has 2 aromatic rings. The molecule has 4 rings (SSSR count). The fourth-order valence-corrected chi connectivity index (χ4v) is 4.10. The van der Waals surface area contributed by atoms with Gasteiger partial charge >= 0.3 is 6.03 Å². The summed E-state index contributed by atoms with van der Waals surface area (Å²) in [5, 5.41) is 10.1. The minimum absolute atomic E-state index is 0.172. The highest BCUT2D eigenvalue weighted by Gasteiger charge is 2.51. The van der Waals surface area contributed by atoms with Crippen molar-refractivity contribution in [2.45, 2.75) is 45.2 Å². The Kier molecular flexibility index (Phi) is 4.61. The van der Waals surface area contributed by atoms with Crippen molar-refractivity contribution in [2.24, 2.45) is 11.3 Å². The van der Waals surface area contributed by atoms with Gasteiger partial charge in [-0.2, -0.15) is 5.10 Å². The Bertz CT molecular complexity index is 786. The average Bonchev–Trinajstić information content (AvgIpc) is 3.08. The summed E-state index contributed by atoms with van der Waals surface area (Å²) in [5.74, 6) is 0.907. The molecule has 2 aliphatic rings. The predicted molar refractivity (Wildman–Crippen MR) is 94.8 cm³/mol. The first-order valence-corrected chi connectivity index (χ1v) is 9.27. The molecule has 1 aromatic carbocycles. The van der Waals surface area contributed by atoms with E-state index >= 15 is 0 Å². The van der Waals surface area contributed by atoms with Crippen molar-refractivity contribution in [1.82, 2.24) is 25.4 Å². The maximum absolute atomic E-state index is 13.2. The van der Waals surface area contributed by atoms with Gasteiger partial charge in [0.05, 0.1) is 13.1 Å². The van der Waals surface area contributed by atoms with E-state index in [4.69, 9.17) is 0 Å². The van der Waals surface area contributed by atoms with Gasteiger partial charge in [0.1, 0.15) is 12.1 Å². The van der Waals surface area contributed by atoms with Gasteiger partial charge in [0.2, 0.25) is 0 Å². The highest BCUT2D eigenvalue weighted by Crippen LogP contribution is 2.60. The lowest BCUT2D eigenvalue weighted by Gasteiger charge is -2.18. The van der Waals surface area contributed by atoms with E-state index in [1.807, 2.05) is 6.07 Å². The third-order valence-electron chi connectivity index (χ3n) is 5.72. The zero-order valence-corrected chi connectivity index (χ0v) is 14.7. The lowest BCUT2D eigenvalue weighted by atomic mass is 9.93. The molecule has 0 aliphatic heterocycles. The summed E-state index contributed by atoms with van der Waals surface area (Å²) < 4.78 is 14.9. The summed E-state index contributed by atoms with van der Waals surface area (Å²) in [6.45, 7) is 1.48. The van der Waals surface area contributed by atoms with Gasteiger partial charge in [0.25, 0.3) is 0 Å². The number of urea groups is 1. The molecule has 1 unspecified atom stereocenters. The molecule has 26 heavy (non-hydrogen) atoms. The summed E-state index contributed by atoms with van der Waals surface area (Å²) in [6.07, 6.45) is 8.09. The summed E-state index contributed by atoms with van der Waals surface area (Å²) in [6, 6.07) is 6.23. The highest BCUT2D eigenvalue weighted by atomic mass is 19.1. The molecule has 6 nitrogen and oxygen atoms in total. The Morgan fingerprint density at radius 1 is 1.31 bits per heavy atom. The number of amides is 2. The van der Waals surface area contributed by atoms with Crippen LogP contribution in [0.15, 0.2) is 30.6 Å². The van der Waals surface area contributed by atoms with Crippen LogP contribution < -0.4 is 10.6 Å². The Morgan fingerprint density at radius 2 is 2.19 bits per heavy atom. The van der Waals surface area contributed by atoms with E-state index < -0.39 is 0 Å². The molecule has 1 spiro atoms. The Labute approximate surface area is 152 Å². The lowest BCUT2D eigenvalue weighted by molar-refractivity contribution is 0.235. The Hall–Kier alpha value is -2.44. The van der Waals surface area contributed by atoms with Crippen LogP contribution in [-0.4, -0.2) is 27.3 Å². The lowest BCUT2D eigenvalue weighted by Crippen LogP contribution is -2.39. The smallest absolute Gasteiger partial charge is 0.315 e. The van der Waals surface area contributed by atoms with Crippen molar-refractivity contribution in [3.63, 3.8) is 0 Å². The second kappa shape index (κ2) is 7.05. The van der Waals surface area contributed by atoms with E-state index in [0.717, 1.165) is 12.1 Å². The molecule has 1 heterocycles. The van der Waals surface area contributed by atoms with Gasteiger partial charge in [0.15, 0.2) is 5.82 Å². The number of hydrogen-bond acceptors (Lipinski definition) is 3. The van der Waals surface area contributed by atoms with Crippen molar-refractivity contribution < 1.29 is 9.18 Å². The van der Waals surface area contributed by atoms with Crippen LogP contribution in [-0.2, 0) is 13.1 Å². The normalized spacial score (nSPS) is 20.3. The van der Waals surface area contributed by atoms with E-state index in [0.29, 0.717) is 23.7 Å². The quantitative estimate of drug-likeness (QED) is 0.835. The largest absolute Gasteiger partial charge is 0.338 e. The number of nitrogens with one attached hydrogen (secondary N) is 2. The van der Waals surface area contributed by atoms with Gasteiger partial charge in [-0.15, -0.1) is 0 Å². The third-order valence-corrected chi connectivity index (χ3v) is 5.72. The van der Waals surface area contributed by atoms with Crippen molar-refractivity contribution >= 4 is 6.03 Å². The van der Waals surface area contributed by atoms with Crippen LogP contribution in [0.1, 0.15) is 43.5 Å². The van der Waals surface area contributed by atoms with Gasteiger partial charge in [-0.1, -0.05) is 18.6 Å². The molecule has 0 radical (unpaired) electrons. The molecule has 0 saturated heterocycles. The second-order valence-electron chi connectivity index (χ2n) is 7.50. The molecule has 1 aromatic heterocycles. The number of carbonyl (C=O) groups excluding carboxylic acids is 1. The molecule has 2 aliphatic carbocycles. The molecule has 7 heteroatoms. The summed E-state index contributed by atoms with van der Waals surface area (Å²) in [5.41, 5.74) is 1.36. The number of carbonyl (C=O) groups is 1. The van der Waals surface area contributed by atoms with Crippen LogP contribution in [0.25, 0.3) is 0 Å². The Balaban J connectivity index is 1.22. The van der Waals surface area contributed by atoms with Gasteiger partial charge in [-0.25, -0.2) is 18.9 Å². The topological polar surface area (TPSA) is 71.8 Å². The van der Waals surface area contributed by atoms with Crippen LogP contribution in [0.2, 0.25) is 0 Å². The van der Waals surface area contributed by atoms with Crippen LogP contribution in [0.4, 0.5) is 9.18 Å². The SMILES string of the molecule is O=C(NCc1ncn(Cc2cccc(F)c2)n1)NCC1CCCC12CC2. The number of halogens is 1. The van der Waals surface area contributed by atoms with E-state index in [2.05, 4.69) is 20.7 Å². The monoisotopic (exact) mass is 357 g/mol. The van der Waals surface area contributed by atoms with Crippen LogP contribution in [0.3, 0.4) is 0 Å². The molecular weight excluding hydrogens is 333 g/mol. The van der Waals surface area contributed by atoms with Crippen LogP contribution in [0.5, 0.6) is 0 Å². The average molecular weight is 357 g/mol. The molecule has 2 fully saturated rings. The molecule has 2 N–H and O–H groups in total. The second-order valence-corrected chi connectivity index (χ2v) is 7.50. The maximum atomic E-state index is 13.2. The van der Waals surface area contributed by atoms with Crippen molar-refractivity contribution in [2.75, 3.05) is 6.54 Å². The number of nitrogens with zero attached hydrogens (tertiary/aromatic N) is 3. The van der Waals surface area contributed by atoms with Gasteiger partial charge < -0.3 is 10.6 Å². The summed E-state index contributed by atoms with van der Waals surface area (Å²) in [4.78, 5) is 16.2. The fraction of sp³-hybridized carbons (Fsp3) is 0.526. The van der Waals surface area contributed by atoms with Crippen LogP contribution >= 0.6 is 0 Å². The first-order chi connectivity index (χ1) is 12.6. The van der Waals surface area contributed by atoms with Crippen LogP contribution in [0, 0.1) is 17.2 Å².